The average Bonchev–Trinajstić information content (AvgIpc) is 2.95. The quantitative estimate of drug-likeness (QED) is 0.824. The first-order valence-electron chi connectivity index (χ1n) is 7.87. The van der Waals surface area contributed by atoms with Crippen molar-refractivity contribution in [3.8, 4) is 11.5 Å². The molecule has 0 aliphatic heterocycles. The zero-order valence-electron chi connectivity index (χ0n) is 14.3. The molecule has 1 amide bonds. The summed E-state index contributed by atoms with van der Waals surface area (Å²) in [5.74, 6) is -0.0108. The molecule has 1 atom stereocenters. The lowest BCUT2D eigenvalue weighted by Crippen LogP contribution is -2.38. The number of nitrogens with one attached hydrogen (secondary N) is 1. The maximum Gasteiger partial charge on any atom is 0.361 e. The Morgan fingerprint density at radius 1 is 1.21 bits per heavy atom. The first kappa shape index (κ1) is 17.7. The van der Waals surface area contributed by atoms with Crippen LogP contribution >= 0.6 is 0 Å². The maximum absolute atomic E-state index is 12.1. The van der Waals surface area contributed by atoms with Gasteiger partial charge in [0.2, 0.25) is 5.89 Å². The number of hydrogen-bond acceptors (Lipinski definition) is 5. The van der Waals surface area contributed by atoms with Crippen molar-refractivity contribution >= 4 is 11.9 Å². The molecule has 0 saturated heterocycles. The van der Waals surface area contributed by atoms with E-state index < -0.39 is 5.97 Å². The third-order valence-electron chi connectivity index (χ3n) is 3.73. The van der Waals surface area contributed by atoms with Crippen molar-refractivity contribution in [2.45, 2.75) is 33.7 Å². The highest BCUT2D eigenvalue weighted by molar-refractivity contribution is 5.90. The van der Waals surface area contributed by atoms with E-state index in [4.69, 9.17) is 9.15 Å². The molecule has 6 nitrogen and oxygen atoms in total. The van der Waals surface area contributed by atoms with Crippen LogP contribution in [0.25, 0.3) is 11.5 Å². The summed E-state index contributed by atoms with van der Waals surface area (Å²) in [4.78, 5) is 28.1. The van der Waals surface area contributed by atoms with Gasteiger partial charge in [-0.2, -0.15) is 0 Å². The van der Waals surface area contributed by atoms with Gasteiger partial charge in [0.25, 0.3) is 5.91 Å². The number of benzene rings is 1. The third kappa shape index (κ3) is 4.44. The molecule has 0 aliphatic carbocycles. The van der Waals surface area contributed by atoms with E-state index in [1.54, 1.807) is 6.92 Å². The smallest absolute Gasteiger partial charge is 0.361 e. The van der Waals surface area contributed by atoms with Crippen molar-refractivity contribution in [1.29, 1.82) is 0 Å². The number of amides is 1. The number of rotatable bonds is 6. The van der Waals surface area contributed by atoms with Crippen molar-refractivity contribution in [1.82, 2.24) is 10.3 Å². The third-order valence-corrected chi connectivity index (χ3v) is 3.73. The van der Waals surface area contributed by atoms with Crippen molar-refractivity contribution < 1.29 is 18.7 Å². The normalized spacial score (nSPS) is 12.0. The van der Waals surface area contributed by atoms with Gasteiger partial charge in [0.1, 0.15) is 5.76 Å². The summed E-state index contributed by atoms with van der Waals surface area (Å²) in [6, 6.07) is 9.27. The van der Waals surface area contributed by atoms with E-state index in [0.717, 1.165) is 5.56 Å². The molecule has 0 unspecified atom stereocenters. The minimum atomic E-state index is -0.675. The summed E-state index contributed by atoms with van der Waals surface area (Å²) in [5.41, 5.74) is 0.849. The summed E-state index contributed by atoms with van der Waals surface area (Å²) in [6.45, 7) is 7.19. The van der Waals surface area contributed by atoms with Crippen LogP contribution in [0.1, 0.15) is 37.0 Å². The Hall–Kier alpha value is -2.63. The van der Waals surface area contributed by atoms with Gasteiger partial charge >= 0.3 is 5.97 Å². The van der Waals surface area contributed by atoms with Gasteiger partial charge in [0.15, 0.2) is 12.3 Å². The molecule has 0 fully saturated rings. The number of hydrogen-bond donors (Lipinski definition) is 1. The van der Waals surface area contributed by atoms with Gasteiger partial charge in [-0.05, 0) is 31.9 Å². The fraction of sp³-hybridized carbons (Fsp3) is 0.389. The lowest BCUT2D eigenvalue weighted by atomic mass is 10.1. The largest absolute Gasteiger partial charge is 0.451 e. The lowest BCUT2D eigenvalue weighted by molar-refractivity contribution is -0.125. The highest BCUT2D eigenvalue weighted by Crippen LogP contribution is 2.21. The standard InChI is InChI=1S/C18H22N2O4/c1-11(2)12(3)19-15(21)10-23-18(22)16-13(4)24-17(20-16)14-8-6-5-7-9-14/h5-9,11-12H,10H2,1-4H3,(H,19,21)/t12-/m0/s1. The highest BCUT2D eigenvalue weighted by Gasteiger charge is 2.21. The van der Waals surface area contributed by atoms with E-state index in [-0.39, 0.29) is 24.2 Å². The molecule has 1 heterocycles. The summed E-state index contributed by atoms with van der Waals surface area (Å²) in [5, 5.41) is 2.77. The van der Waals surface area contributed by atoms with Crippen LogP contribution in [0.3, 0.4) is 0 Å². The van der Waals surface area contributed by atoms with Crippen LogP contribution in [0.5, 0.6) is 0 Å². The van der Waals surface area contributed by atoms with E-state index in [2.05, 4.69) is 10.3 Å². The molecule has 0 aliphatic rings. The number of carbonyl (C=O) groups is 2. The Labute approximate surface area is 141 Å². The lowest BCUT2D eigenvalue weighted by Gasteiger charge is -2.17. The SMILES string of the molecule is Cc1oc(-c2ccccc2)nc1C(=O)OCC(=O)N[C@@H](C)C(C)C. The molecule has 1 N–H and O–H groups in total. The Bertz CT molecular complexity index is 707. The van der Waals surface area contributed by atoms with Gasteiger partial charge in [-0.15, -0.1) is 0 Å². The summed E-state index contributed by atoms with van der Waals surface area (Å²) < 4.78 is 10.5. The number of ether oxygens (including phenoxy) is 1. The molecule has 6 heteroatoms. The highest BCUT2D eigenvalue weighted by atomic mass is 16.5. The van der Waals surface area contributed by atoms with Crippen LogP contribution in [0, 0.1) is 12.8 Å². The second kappa shape index (κ2) is 7.77. The Morgan fingerprint density at radius 2 is 1.88 bits per heavy atom. The van der Waals surface area contributed by atoms with Crippen LogP contribution in [-0.4, -0.2) is 29.5 Å². The van der Waals surface area contributed by atoms with Gasteiger partial charge in [-0.25, -0.2) is 9.78 Å². The second-order valence-electron chi connectivity index (χ2n) is 5.97. The Balaban J connectivity index is 1.98. The Kier molecular flexibility index (Phi) is 5.73. The van der Waals surface area contributed by atoms with Crippen LogP contribution in [-0.2, 0) is 9.53 Å². The van der Waals surface area contributed by atoms with Gasteiger partial charge in [-0.1, -0.05) is 32.0 Å². The van der Waals surface area contributed by atoms with Crippen molar-refractivity contribution in [2.75, 3.05) is 6.61 Å². The Morgan fingerprint density at radius 3 is 2.50 bits per heavy atom. The molecule has 1 aromatic carbocycles. The number of esters is 1. The molecule has 0 radical (unpaired) electrons. The predicted molar refractivity (Wildman–Crippen MR) is 89.4 cm³/mol. The van der Waals surface area contributed by atoms with Crippen molar-refractivity contribution in [3.63, 3.8) is 0 Å². The molecule has 0 spiro atoms. The number of oxazole rings is 1. The number of aromatic nitrogens is 1. The van der Waals surface area contributed by atoms with E-state index in [1.807, 2.05) is 51.1 Å². The average molecular weight is 330 g/mol. The summed E-state index contributed by atoms with van der Waals surface area (Å²) in [7, 11) is 0. The monoisotopic (exact) mass is 330 g/mol. The van der Waals surface area contributed by atoms with E-state index in [0.29, 0.717) is 17.6 Å². The minimum Gasteiger partial charge on any atom is -0.451 e. The molecule has 0 saturated carbocycles. The minimum absolute atomic E-state index is 0.00896. The van der Waals surface area contributed by atoms with Crippen LogP contribution < -0.4 is 5.32 Å². The van der Waals surface area contributed by atoms with Crippen molar-refractivity contribution in [2.24, 2.45) is 5.92 Å². The molecule has 2 aromatic rings. The van der Waals surface area contributed by atoms with Crippen molar-refractivity contribution in [3.05, 3.63) is 41.8 Å². The van der Waals surface area contributed by atoms with Crippen LogP contribution in [0.15, 0.2) is 34.7 Å². The van der Waals surface area contributed by atoms with E-state index in [1.165, 1.54) is 0 Å². The second-order valence-corrected chi connectivity index (χ2v) is 5.97. The molecule has 0 bridgehead atoms. The van der Waals surface area contributed by atoms with E-state index in [9.17, 15) is 9.59 Å². The topological polar surface area (TPSA) is 81.4 Å². The molecular weight excluding hydrogens is 308 g/mol. The molecule has 128 valence electrons. The van der Waals surface area contributed by atoms with Gasteiger partial charge in [0, 0.05) is 11.6 Å². The maximum atomic E-state index is 12.1. The number of aryl methyl sites for hydroxylation is 1. The zero-order chi connectivity index (χ0) is 17.7. The summed E-state index contributed by atoms with van der Waals surface area (Å²) in [6.07, 6.45) is 0. The first-order valence-corrected chi connectivity index (χ1v) is 7.87. The number of carbonyl (C=O) groups excluding carboxylic acids is 2. The zero-order valence-corrected chi connectivity index (χ0v) is 14.3. The van der Waals surface area contributed by atoms with Crippen LogP contribution in [0.2, 0.25) is 0 Å². The van der Waals surface area contributed by atoms with Gasteiger partial charge in [0.05, 0.1) is 0 Å². The van der Waals surface area contributed by atoms with Gasteiger partial charge < -0.3 is 14.5 Å². The molecule has 24 heavy (non-hydrogen) atoms. The van der Waals surface area contributed by atoms with E-state index >= 15 is 0 Å². The fourth-order valence-electron chi connectivity index (χ4n) is 1.95. The van der Waals surface area contributed by atoms with Gasteiger partial charge in [-0.3, -0.25) is 4.79 Å². The molecule has 1 aromatic heterocycles. The first-order chi connectivity index (χ1) is 11.4. The molecule has 2 rings (SSSR count). The van der Waals surface area contributed by atoms with Crippen LogP contribution in [0.4, 0.5) is 0 Å². The fourth-order valence-corrected chi connectivity index (χ4v) is 1.95. The summed E-state index contributed by atoms with van der Waals surface area (Å²) >= 11 is 0. The predicted octanol–water partition coefficient (Wildman–Crippen LogP) is 2.97. The number of nitrogens with zero attached hydrogens (tertiary/aromatic N) is 1. The molecular formula is C18H22N2O4.